The molecular formula is C16H21N3O2. The first-order chi connectivity index (χ1) is 10.2. The highest BCUT2D eigenvalue weighted by molar-refractivity contribution is 6.05. The minimum atomic E-state index is -0.261. The van der Waals surface area contributed by atoms with Crippen LogP contribution in [-0.2, 0) is 0 Å². The molecule has 0 spiro atoms. The van der Waals surface area contributed by atoms with Crippen molar-refractivity contribution in [3.8, 4) is 0 Å². The van der Waals surface area contributed by atoms with Crippen molar-refractivity contribution in [2.45, 2.75) is 13.8 Å². The normalized spacial score (nSPS) is 11.0. The maximum atomic E-state index is 12.3. The molecule has 0 atom stereocenters. The summed E-state index contributed by atoms with van der Waals surface area (Å²) in [5.74, 6) is -0.204. The van der Waals surface area contributed by atoms with Gasteiger partial charge in [-0.2, -0.15) is 0 Å². The molecule has 0 fully saturated rings. The number of rotatable bonds is 6. The molecule has 0 saturated carbocycles. The van der Waals surface area contributed by atoms with E-state index in [2.05, 4.69) is 29.0 Å². The maximum Gasteiger partial charge on any atom is 0.252 e. The van der Waals surface area contributed by atoms with Crippen LogP contribution >= 0.6 is 0 Å². The zero-order chi connectivity index (χ0) is 15.2. The molecule has 0 radical (unpaired) electrons. The Bertz CT molecular complexity index is 675. The maximum absolute atomic E-state index is 12.3. The predicted octanol–water partition coefficient (Wildman–Crippen LogP) is 1.60. The van der Waals surface area contributed by atoms with Gasteiger partial charge in [0.25, 0.3) is 5.91 Å². The molecule has 1 heterocycles. The highest BCUT2D eigenvalue weighted by Gasteiger charge is 2.11. The summed E-state index contributed by atoms with van der Waals surface area (Å²) in [6.07, 6.45) is 0. The number of aromatic amines is 1. The fourth-order valence-electron chi connectivity index (χ4n) is 2.36. The summed E-state index contributed by atoms with van der Waals surface area (Å²) in [5.41, 5.74) is 0.843. The fourth-order valence-corrected chi connectivity index (χ4v) is 2.36. The number of nitrogens with zero attached hydrogens (tertiary/aromatic N) is 1. The zero-order valence-electron chi connectivity index (χ0n) is 12.5. The largest absolute Gasteiger partial charge is 0.351 e. The predicted molar refractivity (Wildman–Crippen MR) is 84.7 cm³/mol. The van der Waals surface area contributed by atoms with Gasteiger partial charge in [0.15, 0.2) is 0 Å². The summed E-state index contributed by atoms with van der Waals surface area (Å²) in [6, 6.07) is 8.68. The lowest BCUT2D eigenvalue weighted by molar-refractivity contribution is 0.0950. The third-order valence-electron chi connectivity index (χ3n) is 3.60. The van der Waals surface area contributed by atoms with Crippen LogP contribution in [0, 0.1) is 0 Å². The van der Waals surface area contributed by atoms with Crippen LogP contribution in [0.2, 0.25) is 0 Å². The molecule has 0 saturated heterocycles. The van der Waals surface area contributed by atoms with Crippen molar-refractivity contribution < 1.29 is 4.79 Å². The number of carbonyl (C=O) groups excluding carboxylic acids is 1. The van der Waals surface area contributed by atoms with Gasteiger partial charge in [0.1, 0.15) is 0 Å². The molecule has 1 aromatic carbocycles. The number of pyridine rings is 1. The van der Waals surface area contributed by atoms with Crippen molar-refractivity contribution >= 4 is 16.8 Å². The monoisotopic (exact) mass is 287 g/mol. The second-order valence-electron chi connectivity index (χ2n) is 4.88. The zero-order valence-corrected chi connectivity index (χ0v) is 12.5. The number of hydrogen-bond acceptors (Lipinski definition) is 3. The van der Waals surface area contributed by atoms with E-state index < -0.39 is 0 Å². The second kappa shape index (κ2) is 7.04. The molecule has 2 rings (SSSR count). The molecular weight excluding hydrogens is 266 g/mol. The van der Waals surface area contributed by atoms with Crippen LogP contribution in [0.1, 0.15) is 24.2 Å². The Balaban J connectivity index is 2.14. The second-order valence-corrected chi connectivity index (χ2v) is 4.88. The van der Waals surface area contributed by atoms with Crippen molar-refractivity contribution in [2.24, 2.45) is 0 Å². The Hall–Kier alpha value is -2.14. The van der Waals surface area contributed by atoms with E-state index in [0.717, 1.165) is 25.0 Å². The van der Waals surface area contributed by atoms with E-state index in [-0.39, 0.29) is 11.5 Å². The first-order valence-corrected chi connectivity index (χ1v) is 7.28. The molecule has 0 bridgehead atoms. The lowest BCUT2D eigenvalue weighted by atomic mass is 10.1. The van der Waals surface area contributed by atoms with Crippen molar-refractivity contribution in [3.63, 3.8) is 0 Å². The van der Waals surface area contributed by atoms with Gasteiger partial charge in [-0.25, -0.2) is 0 Å². The number of likely N-dealkylation sites (N-methyl/N-ethyl adjacent to an activating group) is 1. The SMILES string of the molecule is CCN(CC)CCNC(=O)c1cc(=O)[nH]c2ccccc12. The Labute approximate surface area is 124 Å². The molecule has 5 nitrogen and oxygen atoms in total. The lowest BCUT2D eigenvalue weighted by Crippen LogP contribution is -2.35. The number of para-hydroxylation sites is 1. The van der Waals surface area contributed by atoms with E-state index in [0.29, 0.717) is 17.6 Å². The highest BCUT2D eigenvalue weighted by Crippen LogP contribution is 2.14. The number of amides is 1. The molecule has 2 N–H and O–H groups in total. The van der Waals surface area contributed by atoms with Crippen LogP contribution in [0.15, 0.2) is 35.1 Å². The Kier molecular flexibility index (Phi) is 5.11. The number of carbonyl (C=O) groups is 1. The van der Waals surface area contributed by atoms with Crippen molar-refractivity contribution in [2.75, 3.05) is 26.2 Å². The summed E-state index contributed by atoms with van der Waals surface area (Å²) in [7, 11) is 0. The van der Waals surface area contributed by atoms with Gasteiger partial charge in [0, 0.05) is 30.1 Å². The van der Waals surface area contributed by atoms with Crippen LogP contribution < -0.4 is 10.9 Å². The van der Waals surface area contributed by atoms with E-state index >= 15 is 0 Å². The van der Waals surface area contributed by atoms with Gasteiger partial charge in [0.05, 0.1) is 5.56 Å². The summed E-state index contributed by atoms with van der Waals surface area (Å²) in [6.45, 7) is 7.48. The lowest BCUT2D eigenvalue weighted by Gasteiger charge is -2.18. The van der Waals surface area contributed by atoms with Gasteiger partial charge >= 0.3 is 0 Å². The standard InChI is InChI=1S/C16H21N3O2/c1-3-19(4-2)10-9-17-16(21)13-11-15(20)18-14-8-6-5-7-12(13)14/h5-8,11H,3-4,9-10H2,1-2H3,(H,17,21)(H,18,20). The van der Waals surface area contributed by atoms with Crippen LogP contribution in [-0.4, -0.2) is 42.0 Å². The van der Waals surface area contributed by atoms with Crippen molar-refractivity contribution in [1.29, 1.82) is 0 Å². The number of aromatic nitrogens is 1. The van der Waals surface area contributed by atoms with Crippen LogP contribution in [0.25, 0.3) is 10.9 Å². The fraction of sp³-hybridized carbons (Fsp3) is 0.375. The average Bonchev–Trinajstić information content (AvgIpc) is 2.50. The third-order valence-corrected chi connectivity index (χ3v) is 3.60. The minimum absolute atomic E-state index is 0.204. The third kappa shape index (κ3) is 3.70. The van der Waals surface area contributed by atoms with Gasteiger partial charge in [-0.15, -0.1) is 0 Å². The molecule has 0 aliphatic rings. The minimum Gasteiger partial charge on any atom is -0.351 e. The molecule has 0 unspecified atom stereocenters. The number of hydrogen-bond donors (Lipinski definition) is 2. The summed E-state index contributed by atoms with van der Waals surface area (Å²) < 4.78 is 0. The van der Waals surface area contributed by atoms with Crippen LogP contribution in [0.5, 0.6) is 0 Å². The van der Waals surface area contributed by atoms with E-state index in [9.17, 15) is 9.59 Å². The molecule has 0 aliphatic heterocycles. The van der Waals surface area contributed by atoms with Crippen LogP contribution in [0.4, 0.5) is 0 Å². The number of fused-ring (bicyclic) bond motifs is 1. The molecule has 1 amide bonds. The average molecular weight is 287 g/mol. The molecule has 5 heteroatoms. The Morgan fingerprint density at radius 2 is 1.95 bits per heavy atom. The summed E-state index contributed by atoms with van der Waals surface area (Å²) in [5, 5.41) is 3.65. The Morgan fingerprint density at radius 3 is 2.67 bits per heavy atom. The van der Waals surface area contributed by atoms with Gasteiger partial charge < -0.3 is 15.2 Å². The van der Waals surface area contributed by atoms with Gasteiger partial charge in [-0.05, 0) is 19.2 Å². The van der Waals surface area contributed by atoms with Gasteiger partial charge in [0.2, 0.25) is 5.56 Å². The Morgan fingerprint density at radius 1 is 1.24 bits per heavy atom. The highest BCUT2D eigenvalue weighted by atomic mass is 16.2. The van der Waals surface area contributed by atoms with E-state index in [1.165, 1.54) is 6.07 Å². The topological polar surface area (TPSA) is 65.2 Å². The smallest absolute Gasteiger partial charge is 0.252 e. The van der Waals surface area contributed by atoms with Gasteiger partial charge in [-0.3, -0.25) is 9.59 Å². The molecule has 112 valence electrons. The van der Waals surface area contributed by atoms with E-state index in [4.69, 9.17) is 0 Å². The number of benzene rings is 1. The number of nitrogens with one attached hydrogen (secondary N) is 2. The molecule has 21 heavy (non-hydrogen) atoms. The van der Waals surface area contributed by atoms with Crippen molar-refractivity contribution in [1.82, 2.24) is 15.2 Å². The van der Waals surface area contributed by atoms with E-state index in [1.54, 1.807) is 6.07 Å². The quantitative estimate of drug-likeness (QED) is 0.848. The number of H-pyrrole nitrogens is 1. The molecule has 1 aromatic heterocycles. The van der Waals surface area contributed by atoms with Gasteiger partial charge in [-0.1, -0.05) is 32.0 Å². The summed E-state index contributed by atoms with van der Waals surface area (Å²) >= 11 is 0. The van der Waals surface area contributed by atoms with E-state index in [1.807, 2.05) is 18.2 Å². The molecule has 0 aliphatic carbocycles. The van der Waals surface area contributed by atoms with Crippen LogP contribution in [0.3, 0.4) is 0 Å². The first kappa shape index (κ1) is 15.3. The van der Waals surface area contributed by atoms with Crippen molar-refractivity contribution in [3.05, 3.63) is 46.2 Å². The molecule has 2 aromatic rings. The first-order valence-electron chi connectivity index (χ1n) is 7.28. The summed E-state index contributed by atoms with van der Waals surface area (Å²) in [4.78, 5) is 28.9.